The fraction of sp³-hybridized carbons (Fsp3) is 0.545. The fourth-order valence-corrected chi connectivity index (χ4v) is 3.25. The van der Waals surface area contributed by atoms with Crippen molar-refractivity contribution < 1.29 is 23.9 Å². The molecule has 9 heteroatoms. The lowest BCUT2D eigenvalue weighted by molar-refractivity contribution is -0.130. The summed E-state index contributed by atoms with van der Waals surface area (Å²) in [6, 6.07) is 9.60. The number of rotatable bonds is 8. The van der Waals surface area contributed by atoms with E-state index in [4.69, 9.17) is 4.74 Å². The molecule has 9 nitrogen and oxygen atoms in total. The minimum Gasteiger partial charge on any atom is -0.444 e. The highest BCUT2D eigenvalue weighted by Gasteiger charge is 2.36. The van der Waals surface area contributed by atoms with Crippen LogP contribution in [-0.2, 0) is 19.1 Å². The van der Waals surface area contributed by atoms with E-state index in [0.717, 1.165) is 5.56 Å². The summed E-state index contributed by atoms with van der Waals surface area (Å²) in [7, 11) is 0. The first kappa shape index (κ1) is 24.2. The zero-order valence-corrected chi connectivity index (χ0v) is 18.6. The summed E-state index contributed by atoms with van der Waals surface area (Å²) in [5.41, 5.74) is 0.389. The van der Waals surface area contributed by atoms with Crippen LogP contribution in [0.1, 0.15) is 45.7 Å². The Labute approximate surface area is 182 Å². The Morgan fingerprint density at radius 1 is 1.10 bits per heavy atom. The number of hydrogen-bond acceptors (Lipinski definition) is 5. The summed E-state index contributed by atoms with van der Waals surface area (Å²) in [5, 5.41) is 7.72. The van der Waals surface area contributed by atoms with Gasteiger partial charge in [0.25, 0.3) is 0 Å². The molecule has 4 amide bonds. The Bertz CT molecular complexity index is 791. The molecule has 1 fully saturated rings. The molecule has 0 aliphatic carbocycles. The zero-order valence-electron chi connectivity index (χ0n) is 18.6. The van der Waals surface area contributed by atoms with Gasteiger partial charge < -0.3 is 25.6 Å². The normalized spacial score (nSPS) is 17.1. The van der Waals surface area contributed by atoms with E-state index >= 15 is 0 Å². The maximum atomic E-state index is 12.4. The van der Waals surface area contributed by atoms with Gasteiger partial charge in [-0.15, -0.1) is 0 Å². The first-order valence-corrected chi connectivity index (χ1v) is 10.4. The van der Waals surface area contributed by atoms with Crippen molar-refractivity contribution in [2.45, 2.75) is 45.8 Å². The van der Waals surface area contributed by atoms with Gasteiger partial charge in [0, 0.05) is 26.1 Å². The van der Waals surface area contributed by atoms with E-state index in [1.165, 1.54) is 0 Å². The van der Waals surface area contributed by atoms with Crippen LogP contribution in [0.2, 0.25) is 0 Å². The minimum absolute atomic E-state index is 0.0435. The standard InChI is InChI=1S/C22H32N4O5/c1-15(16-8-6-5-7-9-16)26-14-17(12-19(26)28)20(29)24-11-10-23-18(27)13-25-21(30)31-22(2,3)4/h5-9,15,17H,10-14H2,1-4H3,(H,23,27)(H,24,29)(H,25,30). The maximum absolute atomic E-state index is 12.4. The third kappa shape index (κ3) is 7.92. The molecule has 1 aromatic rings. The quantitative estimate of drug-likeness (QED) is 0.536. The molecule has 31 heavy (non-hydrogen) atoms. The van der Waals surface area contributed by atoms with Crippen LogP contribution in [0.25, 0.3) is 0 Å². The van der Waals surface area contributed by atoms with E-state index in [1.54, 1.807) is 25.7 Å². The van der Waals surface area contributed by atoms with Crippen LogP contribution < -0.4 is 16.0 Å². The molecule has 0 saturated carbocycles. The average molecular weight is 433 g/mol. The summed E-state index contributed by atoms with van der Waals surface area (Å²) in [4.78, 5) is 49.8. The number of carbonyl (C=O) groups is 4. The molecular weight excluding hydrogens is 400 g/mol. The van der Waals surface area contributed by atoms with E-state index in [9.17, 15) is 19.2 Å². The third-order valence-electron chi connectivity index (χ3n) is 4.82. The number of hydrogen-bond donors (Lipinski definition) is 3. The van der Waals surface area contributed by atoms with Crippen LogP contribution in [0.5, 0.6) is 0 Å². The molecule has 1 aliphatic rings. The van der Waals surface area contributed by atoms with Crippen molar-refractivity contribution in [2.24, 2.45) is 5.92 Å². The van der Waals surface area contributed by atoms with E-state index in [2.05, 4.69) is 16.0 Å². The van der Waals surface area contributed by atoms with Gasteiger partial charge in [0.15, 0.2) is 0 Å². The molecule has 2 rings (SSSR count). The number of alkyl carbamates (subject to hydrolysis) is 1. The van der Waals surface area contributed by atoms with Crippen LogP contribution in [0.15, 0.2) is 30.3 Å². The van der Waals surface area contributed by atoms with E-state index < -0.39 is 17.6 Å². The molecule has 1 heterocycles. The van der Waals surface area contributed by atoms with Crippen molar-refractivity contribution in [3.8, 4) is 0 Å². The van der Waals surface area contributed by atoms with E-state index in [1.807, 2.05) is 37.3 Å². The van der Waals surface area contributed by atoms with Crippen molar-refractivity contribution in [2.75, 3.05) is 26.2 Å². The van der Waals surface area contributed by atoms with Gasteiger partial charge in [0.05, 0.1) is 18.5 Å². The number of amides is 4. The molecule has 3 N–H and O–H groups in total. The summed E-state index contributed by atoms with van der Waals surface area (Å²) >= 11 is 0. The van der Waals surface area contributed by atoms with Gasteiger partial charge in [-0.05, 0) is 33.3 Å². The predicted octanol–water partition coefficient (Wildman–Crippen LogP) is 1.35. The molecule has 1 aliphatic heterocycles. The predicted molar refractivity (Wildman–Crippen MR) is 115 cm³/mol. The van der Waals surface area contributed by atoms with Gasteiger partial charge in [-0.2, -0.15) is 0 Å². The third-order valence-corrected chi connectivity index (χ3v) is 4.82. The van der Waals surface area contributed by atoms with Crippen LogP contribution in [-0.4, -0.2) is 60.5 Å². The van der Waals surface area contributed by atoms with Crippen LogP contribution in [0.3, 0.4) is 0 Å². The van der Waals surface area contributed by atoms with Crippen molar-refractivity contribution in [3.05, 3.63) is 35.9 Å². The summed E-state index contributed by atoms with van der Waals surface area (Å²) < 4.78 is 5.05. The fourth-order valence-electron chi connectivity index (χ4n) is 3.25. The molecule has 1 saturated heterocycles. The van der Waals surface area contributed by atoms with E-state index in [-0.39, 0.29) is 49.8 Å². The Kier molecular flexibility index (Phi) is 8.41. The van der Waals surface area contributed by atoms with Gasteiger partial charge in [-0.25, -0.2) is 4.79 Å². The van der Waals surface area contributed by atoms with Gasteiger partial charge >= 0.3 is 6.09 Å². The smallest absolute Gasteiger partial charge is 0.408 e. The molecule has 170 valence electrons. The maximum Gasteiger partial charge on any atom is 0.408 e. The number of ether oxygens (including phenoxy) is 1. The summed E-state index contributed by atoms with van der Waals surface area (Å²) in [6.07, 6.45) is -0.494. The van der Waals surface area contributed by atoms with Gasteiger partial charge in [-0.3, -0.25) is 14.4 Å². The second kappa shape index (κ2) is 10.8. The lowest BCUT2D eigenvalue weighted by Gasteiger charge is -2.25. The first-order valence-electron chi connectivity index (χ1n) is 10.4. The Hall–Kier alpha value is -3.10. The van der Waals surface area contributed by atoms with Crippen molar-refractivity contribution in [1.82, 2.24) is 20.9 Å². The Morgan fingerprint density at radius 2 is 1.74 bits per heavy atom. The number of nitrogens with zero attached hydrogens (tertiary/aromatic N) is 1. The molecule has 0 bridgehead atoms. The number of nitrogens with one attached hydrogen (secondary N) is 3. The van der Waals surface area contributed by atoms with Crippen molar-refractivity contribution in [3.63, 3.8) is 0 Å². The molecule has 0 radical (unpaired) electrons. The highest BCUT2D eigenvalue weighted by Crippen LogP contribution is 2.28. The van der Waals surface area contributed by atoms with Crippen molar-refractivity contribution in [1.29, 1.82) is 0 Å². The summed E-state index contributed by atoms with van der Waals surface area (Å²) in [5.74, 6) is -1.06. The van der Waals surface area contributed by atoms with Crippen molar-refractivity contribution >= 4 is 23.8 Å². The Balaban J connectivity index is 1.67. The molecule has 0 aromatic heterocycles. The highest BCUT2D eigenvalue weighted by atomic mass is 16.6. The van der Waals surface area contributed by atoms with E-state index in [0.29, 0.717) is 6.54 Å². The minimum atomic E-state index is -0.670. The van der Waals surface area contributed by atoms with Crippen LogP contribution in [0.4, 0.5) is 4.79 Å². The molecule has 1 aromatic carbocycles. The Morgan fingerprint density at radius 3 is 2.39 bits per heavy atom. The monoisotopic (exact) mass is 432 g/mol. The van der Waals surface area contributed by atoms with Crippen LogP contribution >= 0.6 is 0 Å². The van der Waals surface area contributed by atoms with Gasteiger partial charge in [0.2, 0.25) is 17.7 Å². The first-order chi connectivity index (χ1) is 14.6. The molecule has 2 unspecified atom stereocenters. The second-order valence-electron chi connectivity index (χ2n) is 8.53. The lowest BCUT2D eigenvalue weighted by atomic mass is 10.1. The van der Waals surface area contributed by atoms with Crippen LogP contribution in [0, 0.1) is 5.92 Å². The molecule has 2 atom stereocenters. The summed E-state index contributed by atoms with van der Waals surface area (Å²) in [6.45, 7) is 7.74. The number of benzene rings is 1. The van der Waals surface area contributed by atoms with Gasteiger partial charge in [0.1, 0.15) is 5.60 Å². The average Bonchev–Trinajstić information content (AvgIpc) is 3.10. The zero-order chi connectivity index (χ0) is 23.0. The lowest BCUT2D eigenvalue weighted by Crippen LogP contribution is -2.42. The van der Waals surface area contributed by atoms with Gasteiger partial charge in [-0.1, -0.05) is 30.3 Å². The SMILES string of the molecule is CC(c1ccccc1)N1CC(C(=O)NCCNC(=O)CNC(=O)OC(C)(C)C)CC1=O. The molecule has 0 spiro atoms. The highest BCUT2D eigenvalue weighted by molar-refractivity contribution is 5.89. The second-order valence-corrected chi connectivity index (χ2v) is 8.53. The molecular formula is C22H32N4O5. The number of likely N-dealkylation sites (tertiary alicyclic amines) is 1. The largest absolute Gasteiger partial charge is 0.444 e. The topological polar surface area (TPSA) is 117 Å². The number of carbonyl (C=O) groups excluding carboxylic acids is 4.